The van der Waals surface area contributed by atoms with Crippen molar-refractivity contribution >= 4 is 41.2 Å². The molecule has 0 aliphatic carbocycles. The van der Waals surface area contributed by atoms with Gasteiger partial charge in [-0.3, -0.25) is 14.4 Å². The molecule has 204 valence electrons. The fourth-order valence-electron chi connectivity index (χ4n) is 3.46. The number of carbonyl (C=O) groups excluding carboxylic acids is 3. The summed E-state index contributed by atoms with van der Waals surface area (Å²) in [6, 6.07) is 19.7. The second kappa shape index (κ2) is 14.5. The summed E-state index contributed by atoms with van der Waals surface area (Å²) in [6.07, 6.45) is 1.45. The lowest BCUT2D eigenvalue weighted by Crippen LogP contribution is -2.48. The molecule has 3 aromatic rings. The maximum absolute atomic E-state index is 12.8. The zero-order valence-electron chi connectivity index (χ0n) is 21.9. The number of para-hydroxylation sites is 1. The first-order valence-corrected chi connectivity index (χ1v) is 12.8. The van der Waals surface area contributed by atoms with E-state index in [0.717, 1.165) is 0 Å². The second-order valence-electron chi connectivity index (χ2n) is 8.78. The molecular formula is C29H31ClN4O5. The number of hydrogen-bond donors (Lipinski definition) is 3. The van der Waals surface area contributed by atoms with Crippen LogP contribution in [0.4, 0.5) is 5.69 Å². The van der Waals surface area contributed by atoms with Gasteiger partial charge in [-0.1, -0.05) is 43.6 Å². The molecule has 9 nitrogen and oxygen atoms in total. The van der Waals surface area contributed by atoms with Crippen LogP contribution in [0.1, 0.15) is 36.7 Å². The van der Waals surface area contributed by atoms with E-state index in [2.05, 4.69) is 21.2 Å². The van der Waals surface area contributed by atoms with Crippen molar-refractivity contribution in [3.63, 3.8) is 0 Å². The Kier molecular flexibility index (Phi) is 10.9. The van der Waals surface area contributed by atoms with Gasteiger partial charge in [0.1, 0.15) is 6.04 Å². The van der Waals surface area contributed by atoms with E-state index in [0.29, 0.717) is 39.9 Å². The Morgan fingerprint density at radius 3 is 2.33 bits per heavy atom. The van der Waals surface area contributed by atoms with Crippen LogP contribution < -0.4 is 25.5 Å². The molecule has 0 saturated carbocycles. The molecule has 3 amide bonds. The van der Waals surface area contributed by atoms with Crippen LogP contribution in [0.25, 0.3) is 0 Å². The van der Waals surface area contributed by atoms with Crippen molar-refractivity contribution in [2.75, 3.05) is 18.5 Å². The average molecular weight is 551 g/mol. The van der Waals surface area contributed by atoms with Crippen LogP contribution in [0.3, 0.4) is 0 Å². The van der Waals surface area contributed by atoms with Crippen molar-refractivity contribution in [1.82, 2.24) is 10.7 Å². The molecule has 0 saturated heterocycles. The number of hydrogen-bond acceptors (Lipinski definition) is 6. The molecule has 3 N–H and O–H groups in total. The Morgan fingerprint density at radius 1 is 0.949 bits per heavy atom. The summed E-state index contributed by atoms with van der Waals surface area (Å²) >= 11 is 5.88. The van der Waals surface area contributed by atoms with E-state index in [1.54, 1.807) is 54.6 Å². The summed E-state index contributed by atoms with van der Waals surface area (Å²) in [6.45, 7) is 5.66. The van der Waals surface area contributed by atoms with Crippen molar-refractivity contribution < 1.29 is 23.9 Å². The Labute approximate surface area is 232 Å². The number of anilines is 1. The number of ether oxygens (including phenoxy) is 2. The first kappa shape index (κ1) is 29.2. The molecule has 0 spiro atoms. The minimum absolute atomic E-state index is 0.184. The lowest BCUT2D eigenvalue weighted by atomic mass is 10.0. The number of hydrazone groups is 1. The van der Waals surface area contributed by atoms with E-state index in [1.165, 1.54) is 6.21 Å². The van der Waals surface area contributed by atoms with Crippen LogP contribution in [0, 0.1) is 5.92 Å². The van der Waals surface area contributed by atoms with Gasteiger partial charge in [0.25, 0.3) is 17.7 Å². The average Bonchev–Trinajstić information content (AvgIpc) is 2.92. The minimum Gasteiger partial charge on any atom is -0.490 e. The van der Waals surface area contributed by atoms with Crippen molar-refractivity contribution in [2.45, 2.75) is 26.8 Å². The first-order chi connectivity index (χ1) is 18.8. The van der Waals surface area contributed by atoms with Gasteiger partial charge in [-0.25, -0.2) is 5.43 Å². The predicted molar refractivity (Wildman–Crippen MR) is 151 cm³/mol. The molecule has 0 aromatic heterocycles. The third-order valence-corrected chi connectivity index (χ3v) is 5.67. The molecule has 39 heavy (non-hydrogen) atoms. The van der Waals surface area contributed by atoms with Crippen LogP contribution in [0.5, 0.6) is 11.5 Å². The number of halogens is 1. The highest BCUT2D eigenvalue weighted by atomic mass is 35.5. The van der Waals surface area contributed by atoms with E-state index in [4.69, 9.17) is 21.1 Å². The lowest BCUT2D eigenvalue weighted by Gasteiger charge is -2.20. The summed E-state index contributed by atoms with van der Waals surface area (Å²) in [5, 5.41) is 10.0. The van der Waals surface area contributed by atoms with Crippen LogP contribution >= 0.6 is 11.6 Å². The maximum Gasteiger partial charge on any atom is 0.262 e. The van der Waals surface area contributed by atoms with E-state index < -0.39 is 11.9 Å². The molecule has 0 fully saturated rings. The van der Waals surface area contributed by atoms with Gasteiger partial charge in [0.2, 0.25) is 0 Å². The number of nitrogens with zero attached hydrogens (tertiary/aromatic N) is 1. The fourth-order valence-corrected chi connectivity index (χ4v) is 3.58. The number of amides is 3. The molecule has 1 atom stereocenters. The smallest absolute Gasteiger partial charge is 0.262 e. The highest BCUT2D eigenvalue weighted by molar-refractivity contribution is 6.30. The molecule has 0 aliphatic rings. The minimum atomic E-state index is -0.804. The summed E-state index contributed by atoms with van der Waals surface area (Å²) in [7, 11) is 0. The van der Waals surface area contributed by atoms with E-state index in [-0.39, 0.29) is 24.3 Å². The van der Waals surface area contributed by atoms with E-state index in [9.17, 15) is 14.4 Å². The Balaban J connectivity index is 1.59. The highest BCUT2D eigenvalue weighted by Crippen LogP contribution is 2.28. The van der Waals surface area contributed by atoms with Crippen LogP contribution in [0.2, 0.25) is 5.02 Å². The number of benzene rings is 3. The monoisotopic (exact) mass is 550 g/mol. The van der Waals surface area contributed by atoms with Gasteiger partial charge in [0, 0.05) is 16.3 Å². The Bertz CT molecular complexity index is 1300. The van der Waals surface area contributed by atoms with Gasteiger partial charge < -0.3 is 20.1 Å². The van der Waals surface area contributed by atoms with Crippen LogP contribution in [-0.4, -0.2) is 43.2 Å². The number of rotatable bonds is 12. The second-order valence-corrected chi connectivity index (χ2v) is 9.21. The van der Waals surface area contributed by atoms with Crippen molar-refractivity contribution in [3.8, 4) is 11.5 Å². The molecule has 10 heteroatoms. The number of carbonyl (C=O) groups is 3. The molecule has 3 aromatic carbocycles. The zero-order valence-corrected chi connectivity index (χ0v) is 22.7. The summed E-state index contributed by atoms with van der Waals surface area (Å²) in [5.41, 5.74) is 4.18. The van der Waals surface area contributed by atoms with Gasteiger partial charge in [-0.05, 0) is 73.0 Å². The lowest BCUT2D eigenvalue weighted by molar-refractivity contribution is -0.124. The summed E-state index contributed by atoms with van der Waals surface area (Å²) < 4.78 is 11.3. The molecule has 1 unspecified atom stereocenters. The topological polar surface area (TPSA) is 118 Å². The third-order valence-electron chi connectivity index (χ3n) is 5.41. The normalized spacial score (nSPS) is 11.6. The first-order valence-electron chi connectivity index (χ1n) is 12.4. The van der Waals surface area contributed by atoms with Gasteiger partial charge in [-0.2, -0.15) is 5.10 Å². The summed E-state index contributed by atoms with van der Waals surface area (Å²) in [5.74, 6) is -0.519. The standard InChI is InChI=1S/C29H31ClN4O5/c1-4-38-25-16-20(10-15-24(25)39-18-26(35)32-23-8-6-5-7-9-23)17-31-34-29(37)27(19(2)3)33-28(36)21-11-13-22(30)14-12-21/h5-17,19,27H,4,18H2,1-3H3,(H,32,35)(H,33,36)(H,34,37). The SMILES string of the molecule is CCOc1cc(C=NNC(=O)C(NC(=O)c2ccc(Cl)cc2)C(C)C)ccc1OCC(=O)Nc1ccccc1. The molecule has 0 heterocycles. The van der Waals surface area contributed by atoms with Crippen molar-refractivity contribution in [3.05, 3.63) is 88.9 Å². The van der Waals surface area contributed by atoms with Gasteiger partial charge in [-0.15, -0.1) is 0 Å². The largest absolute Gasteiger partial charge is 0.490 e. The zero-order chi connectivity index (χ0) is 28.2. The van der Waals surface area contributed by atoms with E-state index >= 15 is 0 Å². The third kappa shape index (κ3) is 9.15. The van der Waals surface area contributed by atoms with Crippen LogP contribution in [-0.2, 0) is 9.59 Å². The Morgan fingerprint density at radius 2 is 1.67 bits per heavy atom. The summed E-state index contributed by atoms with van der Waals surface area (Å²) in [4.78, 5) is 37.5. The van der Waals surface area contributed by atoms with Gasteiger partial charge in [0.15, 0.2) is 18.1 Å². The highest BCUT2D eigenvalue weighted by Gasteiger charge is 2.24. The Hall–Kier alpha value is -4.37. The van der Waals surface area contributed by atoms with Gasteiger partial charge in [0.05, 0.1) is 12.8 Å². The molecule has 0 radical (unpaired) electrons. The van der Waals surface area contributed by atoms with Crippen molar-refractivity contribution in [1.29, 1.82) is 0 Å². The fraction of sp³-hybridized carbons (Fsp3) is 0.241. The quantitative estimate of drug-likeness (QED) is 0.224. The molecule has 0 aliphatic heterocycles. The van der Waals surface area contributed by atoms with E-state index in [1.807, 2.05) is 39.0 Å². The molecule has 3 rings (SSSR count). The van der Waals surface area contributed by atoms with Crippen LogP contribution in [0.15, 0.2) is 77.9 Å². The number of nitrogens with one attached hydrogen (secondary N) is 3. The molecule has 0 bridgehead atoms. The van der Waals surface area contributed by atoms with Gasteiger partial charge >= 0.3 is 0 Å². The predicted octanol–water partition coefficient (Wildman–Crippen LogP) is 4.66. The van der Waals surface area contributed by atoms with Crippen molar-refractivity contribution in [2.24, 2.45) is 11.0 Å². The molecular weight excluding hydrogens is 520 g/mol. The maximum atomic E-state index is 12.8.